The van der Waals surface area contributed by atoms with Crippen molar-refractivity contribution in [1.29, 1.82) is 0 Å². The Morgan fingerprint density at radius 1 is 1.25 bits per heavy atom. The average Bonchev–Trinajstić information content (AvgIpc) is 2.64. The first-order valence-corrected chi connectivity index (χ1v) is 6.84. The van der Waals surface area contributed by atoms with E-state index in [1.807, 2.05) is 0 Å². The molecule has 0 aromatic heterocycles. The Balaban J connectivity index is 1.94. The van der Waals surface area contributed by atoms with Gasteiger partial charge in [-0.15, -0.1) is 0 Å². The number of fused-ring (bicyclic) bond motifs is 1. The van der Waals surface area contributed by atoms with Gasteiger partial charge in [0.15, 0.2) is 0 Å². The van der Waals surface area contributed by atoms with Gasteiger partial charge in [-0.05, 0) is 24.5 Å². The summed E-state index contributed by atoms with van der Waals surface area (Å²) in [5.74, 6) is -0.0813. The molecule has 1 aliphatic heterocycles. The molecule has 0 spiro atoms. The van der Waals surface area contributed by atoms with Crippen molar-refractivity contribution in [3.8, 4) is 0 Å². The lowest BCUT2D eigenvalue weighted by Gasteiger charge is -2.14. The number of nitrogens with two attached hydrogens (primary N) is 1. The number of carbonyl (C=O) groups excluding carboxylic acids is 2. The van der Waals surface area contributed by atoms with Crippen molar-refractivity contribution in [3.05, 3.63) is 29.3 Å². The molecule has 1 aromatic rings. The van der Waals surface area contributed by atoms with E-state index in [0.29, 0.717) is 48.9 Å². The lowest BCUT2D eigenvalue weighted by molar-refractivity contribution is 0.0614. The monoisotopic (exact) mass is 276 g/mol. The molecule has 0 bridgehead atoms. The predicted molar refractivity (Wildman–Crippen MR) is 76.5 cm³/mol. The Bertz CT molecular complexity index is 526. The van der Waals surface area contributed by atoms with Crippen molar-refractivity contribution in [2.75, 3.05) is 25.5 Å². The zero-order valence-electron chi connectivity index (χ0n) is 11.9. The summed E-state index contributed by atoms with van der Waals surface area (Å²) in [7, 11) is 0. The van der Waals surface area contributed by atoms with E-state index in [2.05, 4.69) is 13.8 Å². The molecule has 0 fully saturated rings. The smallest absolute Gasteiger partial charge is 0.263 e. The SMILES string of the molecule is CC(C)COCCCN1C(=O)c2cccc(N)c2C1=O. The largest absolute Gasteiger partial charge is 0.398 e. The zero-order valence-corrected chi connectivity index (χ0v) is 11.9. The Labute approximate surface area is 118 Å². The van der Waals surface area contributed by atoms with Crippen molar-refractivity contribution >= 4 is 17.5 Å². The topological polar surface area (TPSA) is 72.6 Å². The number of benzene rings is 1. The van der Waals surface area contributed by atoms with Gasteiger partial charge >= 0.3 is 0 Å². The van der Waals surface area contributed by atoms with Gasteiger partial charge in [-0.25, -0.2) is 0 Å². The van der Waals surface area contributed by atoms with Gasteiger partial charge in [0.2, 0.25) is 0 Å². The van der Waals surface area contributed by atoms with Gasteiger partial charge in [0.1, 0.15) is 0 Å². The van der Waals surface area contributed by atoms with E-state index in [1.54, 1.807) is 18.2 Å². The molecule has 1 aromatic carbocycles. The van der Waals surface area contributed by atoms with E-state index in [-0.39, 0.29) is 11.8 Å². The minimum absolute atomic E-state index is 0.263. The van der Waals surface area contributed by atoms with Gasteiger partial charge in [-0.1, -0.05) is 19.9 Å². The second kappa shape index (κ2) is 6.05. The van der Waals surface area contributed by atoms with Crippen LogP contribution in [0.25, 0.3) is 0 Å². The quantitative estimate of drug-likeness (QED) is 0.489. The molecule has 5 nitrogen and oxygen atoms in total. The summed E-state index contributed by atoms with van der Waals surface area (Å²) < 4.78 is 5.45. The lowest BCUT2D eigenvalue weighted by Crippen LogP contribution is -2.31. The van der Waals surface area contributed by atoms with Crippen LogP contribution in [0, 0.1) is 5.92 Å². The summed E-state index contributed by atoms with van der Waals surface area (Å²) >= 11 is 0. The number of ether oxygens (including phenoxy) is 1. The number of imide groups is 1. The number of carbonyl (C=O) groups is 2. The molecule has 1 aliphatic rings. The van der Waals surface area contributed by atoms with Crippen LogP contribution in [0.4, 0.5) is 5.69 Å². The van der Waals surface area contributed by atoms with Crippen LogP contribution in [0.15, 0.2) is 18.2 Å². The minimum Gasteiger partial charge on any atom is -0.398 e. The van der Waals surface area contributed by atoms with E-state index in [4.69, 9.17) is 10.5 Å². The molecule has 0 radical (unpaired) electrons. The first-order valence-electron chi connectivity index (χ1n) is 6.84. The van der Waals surface area contributed by atoms with Gasteiger partial charge in [0.05, 0.1) is 11.1 Å². The van der Waals surface area contributed by atoms with Crippen LogP contribution in [0.2, 0.25) is 0 Å². The van der Waals surface area contributed by atoms with E-state index in [1.165, 1.54) is 4.90 Å². The fourth-order valence-corrected chi connectivity index (χ4v) is 2.21. The highest BCUT2D eigenvalue weighted by Gasteiger charge is 2.36. The molecule has 108 valence electrons. The maximum Gasteiger partial charge on any atom is 0.263 e. The van der Waals surface area contributed by atoms with Gasteiger partial charge in [0.25, 0.3) is 11.8 Å². The van der Waals surface area contributed by atoms with Crippen molar-refractivity contribution in [3.63, 3.8) is 0 Å². The normalized spacial score (nSPS) is 14.2. The van der Waals surface area contributed by atoms with Crippen molar-refractivity contribution < 1.29 is 14.3 Å². The second-order valence-corrected chi connectivity index (χ2v) is 5.35. The summed E-state index contributed by atoms with van der Waals surface area (Å²) in [6.07, 6.45) is 0.637. The molecule has 2 amide bonds. The van der Waals surface area contributed by atoms with Crippen LogP contribution in [0.3, 0.4) is 0 Å². The molecule has 2 N–H and O–H groups in total. The van der Waals surface area contributed by atoms with Gasteiger partial charge < -0.3 is 10.5 Å². The molecule has 0 atom stereocenters. The summed E-state index contributed by atoms with van der Waals surface area (Å²) in [4.78, 5) is 25.6. The fraction of sp³-hybridized carbons (Fsp3) is 0.467. The third-order valence-electron chi connectivity index (χ3n) is 3.15. The Morgan fingerprint density at radius 2 is 2.00 bits per heavy atom. The van der Waals surface area contributed by atoms with Crippen LogP contribution in [0.1, 0.15) is 41.0 Å². The van der Waals surface area contributed by atoms with Gasteiger partial charge in [-0.2, -0.15) is 0 Å². The zero-order chi connectivity index (χ0) is 14.7. The molecule has 2 rings (SSSR count). The Morgan fingerprint density at radius 3 is 2.65 bits per heavy atom. The molecule has 20 heavy (non-hydrogen) atoms. The molecule has 0 unspecified atom stereocenters. The van der Waals surface area contributed by atoms with Crippen molar-refractivity contribution in [1.82, 2.24) is 4.90 Å². The van der Waals surface area contributed by atoms with Gasteiger partial charge in [0, 0.05) is 25.4 Å². The number of hydrogen-bond donors (Lipinski definition) is 1. The third-order valence-corrected chi connectivity index (χ3v) is 3.15. The summed E-state index contributed by atoms with van der Waals surface area (Å²) in [6, 6.07) is 4.97. The average molecular weight is 276 g/mol. The number of hydrogen-bond acceptors (Lipinski definition) is 4. The van der Waals surface area contributed by atoms with Crippen LogP contribution in [-0.4, -0.2) is 36.5 Å². The number of nitrogen functional groups attached to an aromatic ring is 1. The van der Waals surface area contributed by atoms with Crippen LogP contribution in [-0.2, 0) is 4.74 Å². The van der Waals surface area contributed by atoms with Crippen molar-refractivity contribution in [2.45, 2.75) is 20.3 Å². The minimum atomic E-state index is -0.299. The second-order valence-electron chi connectivity index (χ2n) is 5.35. The maximum absolute atomic E-state index is 12.2. The number of nitrogens with zero attached hydrogens (tertiary/aromatic N) is 1. The number of amides is 2. The van der Waals surface area contributed by atoms with E-state index >= 15 is 0 Å². The molecular weight excluding hydrogens is 256 g/mol. The summed E-state index contributed by atoms with van der Waals surface area (Å²) in [6.45, 7) is 5.75. The first-order chi connectivity index (χ1) is 9.52. The summed E-state index contributed by atoms with van der Waals surface area (Å²) in [5, 5.41) is 0. The van der Waals surface area contributed by atoms with Crippen LogP contribution < -0.4 is 5.73 Å². The van der Waals surface area contributed by atoms with Gasteiger partial charge in [-0.3, -0.25) is 14.5 Å². The lowest BCUT2D eigenvalue weighted by atomic mass is 10.1. The molecular formula is C15H20N2O3. The standard InChI is InChI=1S/C15H20N2O3/c1-10(2)9-20-8-4-7-17-14(18)11-5-3-6-12(16)13(11)15(17)19/h3,5-6,10H,4,7-9,16H2,1-2H3. The highest BCUT2D eigenvalue weighted by Crippen LogP contribution is 2.27. The first kappa shape index (κ1) is 14.5. The predicted octanol–water partition coefficient (Wildman–Crippen LogP) is 1.93. The Hall–Kier alpha value is -1.88. The summed E-state index contributed by atoms with van der Waals surface area (Å²) in [5.41, 5.74) is 6.87. The number of anilines is 1. The fourth-order valence-electron chi connectivity index (χ4n) is 2.21. The molecule has 0 saturated carbocycles. The third kappa shape index (κ3) is 2.82. The number of rotatable bonds is 6. The van der Waals surface area contributed by atoms with Crippen molar-refractivity contribution in [2.24, 2.45) is 5.92 Å². The van der Waals surface area contributed by atoms with Crippen LogP contribution in [0.5, 0.6) is 0 Å². The maximum atomic E-state index is 12.2. The van der Waals surface area contributed by atoms with E-state index in [9.17, 15) is 9.59 Å². The Kier molecular flexibility index (Phi) is 4.39. The highest BCUT2D eigenvalue weighted by atomic mass is 16.5. The molecule has 5 heteroatoms. The van der Waals surface area contributed by atoms with Crippen LogP contribution >= 0.6 is 0 Å². The molecule has 0 aliphatic carbocycles. The van der Waals surface area contributed by atoms with E-state index < -0.39 is 0 Å². The molecule has 1 heterocycles. The van der Waals surface area contributed by atoms with E-state index in [0.717, 1.165) is 0 Å². The highest BCUT2D eigenvalue weighted by molar-refractivity contribution is 6.23. The molecule has 0 saturated heterocycles.